The van der Waals surface area contributed by atoms with Crippen LogP contribution < -0.4 is 0 Å². The Morgan fingerprint density at radius 1 is 1.43 bits per heavy atom. The number of rotatable bonds is 2. The van der Waals surface area contributed by atoms with E-state index >= 15 is 0 Å². The van der Waals surface area contributed by atoms with Crippen LogP contribution in [0.4, 0.5) is 0 Å². The summed E-state index contributed by atoms with van der Waals surface area (Å²) >= 11 is 5.80. The Kier molecular flexibility index (Phi) is 3.11. The summed E-state index contributed by atoms with van der Waals surface area (Å²) in [5, 5.41) is 10.3. The molecule has 3 nitrogen and oxygen atoms in total. The lowest BCUT2D eigenvalue weighted by atomic mass is 9.91. The quantitative estimate of drug-likeness (QED) is 0.826. The maximum Gasteiger partial charge on any atom is 0.198 e. The van der Waals surface area contributed by atoms with Gasteiger partial charge in [0.2, 0.25) is 0 Å². The largest absolute Gasteiger partial charge is 0.453 e. The lowest BCUT2D eigenvalue weighted by molar-refractivity contribution is 0.00703. The smallest absolute Gasteiger partial charge is 0.198 e. The van der Waals surface area contributed by atoms with E-state index in [-0.39, 0.29) is 5.92 Å². The van der Waals surface area contributed by atoms with Gasteiger partial charge in [0, 0.05) is 18.8 Å². The van der Waals surface area contributed by atoms with Crippen molar-refractivity contribution in [3.8, 4) is 0 Å². The average molecular weight is 217 g/mol. The van der Waals surface area contributed by atoms with Gasteiger partial charge in [0.05, 0.1) is 12.4 Å². The fraction of sp³-hybridized carbons (Fsp3) is 0.600. The Labute approximate surface area is 87.6 Å². The van der Waals surface area contributed by atoms with Crippen molar-refractivity contribution in [2.24, 2.45) is 5.92 Å². The molecule has 78 valence electrons. The molecule has 1 aromatic heterocycles. The topological polar surface area (TPSA) is 42.6 Å². The minimum atomic E-state index is -0.523. The Hall–Kier alpha value is -0.510. The van der Waals surface area contributed by atoms with E-state index in [0.29, 0.717) is 10.8 Å². The molecule has 2 heterocycles. The molecule has 0 bridgehead atoms. The van der Waals surface area contributed by atoms with Crippen LogP contribution in [0.3, 0.4) is 0 Å². The maximum absolute atomic E-state index is 10.0. The van der Waals surface area contributed by atoms with E-state index in [0.717, 1.165) is 26.1 Å². The molecule has 1 fully saturated rings. The number of aliphatic hydroxyl groups is 1. The fourth-order valence-corrected chi connectivity index (χ4v) is 2.03. The normalized spacial score (nSPS) is 21.0. The van der Waals surface area contributed by atoms with Crippen molar-refractivity contribution >= 4 is 11.6 Å². The van der Waals surface area contributed by atoms with Gasteiger partial charge < -0.3 is 14.3 Å². The number of hydrogen-bond donors (Lipinski definition) is 1. The van der Waals surface area contributed by atoms with Crippen LogP contribution in [0, 0.1) is 5.92 Å². The summed E-state index contributed by atoms with van der Waals surface area (Å²) in [4.78, 5) is 0. The molecular weight excluding hydrogens is 204 g/mol. The third kappa shape index (κ3) is 1.95. The second-order valence-corrected chi connectivity index (χ2v) is 3.89. The number of halogens is 1. The van der Waals surface area contributed by atoms with Crippen molar-refractivity contribution in [3.05, 3.63) is 23.1 Å². The standard InChI is InChI=1S/C10H13ClO3/c11-10-8(3-6-14-10)9(12)7-1-4-13-5-2-7/h3,6-7,9,12H,1-2,4-5H2. The van der Waals surface area contributed by atoms with Gasteiger partial charge in [0.25, 0.3) is 0 Å². The zero-order valence-electron chi connectivity index (χ0n) is 7.78. The van der Waals surface area contributed by atoms with Gasteiger partial charge in [0.1, 0.15) is 0 Å². The second kappa shape index (κ2) is 4.34. The minimum absolute atomic E-state index is 0.235. The predicted octanol–water partition coefficient (Wildman–Crippen LogP) is 2.39. The third-order valence-electron chi connectivity index (χ3n) is 2.68. The highest BCUT2D eigenvalue weighted by Crippen LogP contribution is 2.33. The van der Waals surface area contributed by atoms with Crippen LogP contribution in [0.25, 0.3) is 0 Å². The van der Waals surface area contributed by atoms with Crippen LogP contribution in [-0.2, 0) is 4.74 Å². The molecule has 0 aromatic carbocycles. The van der Waals surface area contributed by atoms with Crippen LogP contribution >= 0.6 is 11.6 Å². The van der Waals surface area contributed by atoms with Crippen LogP contribution in [-0.4, -0.2) is 18.3 Å². The number of hydrogen-bond acceptors (Lipinski definition) is 3. The molecule has 0 amide bonds. The van der Waals surface area contributed by atoms with Crippen molar-refractivity contribution in [2.45, 2.75) is 18.9 Å². The Morgan fingerprint density at radius 2 is 2.14 bits per heavy atom. The fourth-order valence-electron chi connectivity index (χ4n) is 1.80. The van der Waals surface area contributed by atoms with Gasteiger partial charge in [-0.25, -0.2) is 0 Å². The zero-order chi connectivity index (χ0) is 9.97. The number of aliphatic hydroxyl groups excluding tert-OH is 1. The lowest BCUT2D eigenvalue weighted by Gasteiger charge is -2.26. The van der Waals surface area contributed by atoms with E-state index in [1.54, 1.807) is 6.07 Å². The Morgan fingerprint density at radius 3 is 2.71 bits per heavy atom. The van der Waals surface area contributed by atoms with Gasteiger partial charge in [-0.2, -0.15) is 0 Å². The van der Waals surface area contributed by atoms with Crippen molar-refractivity contribution in [3.63, 3.8) is 0 Å². The predicted molar refractivity (Wildman–Crippen MR) is 52.2 cm³/mol. The summed E-state index contributed by atoms with van der Waals surface area (Å²) in [5.74, 6) is 0.235. The first-order valence-electron chi connectivity index (χ1n) is 4.77. The van der Waals surface area contributed by atoms with Crippen LogP contribution in [0.5, 0.6) is 0 Å². The van der Waals surface area contributed by atoms with E-state index in [1.165, 1.54) is 6.26 Å². The summed E-state index contributed by atoms with van der Waals surface area (Å²) in [6.45, 7) is 1.44. The molecule has 1 aliphatic rings. The molecule has 1 atom stereocenters. The highest BCUT2D eigenvalue weighted by Gasteiger charge is 2.26. The lowest BCUT2D eigenvalue weighted by Crippen LogP contribution is -2.21. The average Bonchev–Trinajstić information content (AvgIpc) is 2.65. The molecule has 0 spiro atoms. The molecule has 0 radical (unpaired) electrons. The van der Waals surface area contributed by atoms with Crippen molar-refractivity contribution in [2.75, 3.05) is 13.2 Å². The SMILES string of the molecule is OC(c1ccoc1Cl)C1CCOCC1. The Balaban J connectivity index is 2.07. The molecule has 0 aliphatic carbocycles. The Bertz CT molecular complexity index is 291. The highest BCUT2D eigenvalue weighted by molar-refractivity contribution is 6.29. The molecule has 1 aromatic rings. The summed E-state index contributed by atoms with van der Waals surface area (Å²) in [6.07, 6.45) is 2.73. The van der Waals surface area contributed by atoms with Crippen molar-refractivity contribution in [1.29, 1.82) is 0 Å². The van der Waals surface area contributed by atoms with E-state index in [9.17, 15) is 5.11 Å². The molecule has 1 unspecified atom stereocenters. The molecule has 1 aliphatic heterocycles. The molecule has 1 saturated heterocycles. The maximum atomic E-state index is 10.0. The number of ether oxygens (including phenoxy) is 1. The van der Waals surface area contributed by atoms with Gasteiger partial charge in [-0.05, 0) is 36.4 Å². The van der Waals surface area contributed by atoms with Gasteiger partial charge in [-0.15, -0.1) is 0 Å². The van der Waals surface area contributed by atoms with Crippen molar-refractivity contribution < 1.29 is 14.3 Å². The monoisotopic (exact) mass is 216 g/mol. The van der Waals surface area contributed by atoms with Crippen LogP contribution in [0.1, 0.15) is 24.5 Å². The molecular formula is C10H13ClO3. The second-order valence-electron chi connectivity index (χ2n) is 3.54. The summed E-state index contributed by atoms with van der Waals surface area (Å²) < 4.78 is 10.2. The third-order valence-corrected chi connectivity index (χ3v) is 2.98. The highest BCUT2D eigenvalue weighted by atomic mass is 35.5. The zero-order valence-corrected chi connectivity index (χ0v) is 8.54. The minimum Gasteiger partial charge on any atom is -0.453 e. The van der Waals surface area contributed by atoms with Crippen LogP contribution in [0.15, 0.2) is 16.7 Å². The van der Waals surface area contributed by atoms with E-state index in [4.69, 9.17) is 20.8 Å². The van der Waals surface area contributed by atoms with E-state index < -0.39 is 6.10 Å². The van der Waals surface area contributed by atoms with Gasteiger partial charge in [0.15, 0.2) is 5.22 Å². The first-order valence-corrected chi connectivity index (χ1v) is 5.15. The molecule has 1 N–H and O–H groups in total. The van der Waals surface area contributed by atoms with Crippen molar-refractivity contribution in [1.82, 2.24) is 0 Å². The molecule has 14 heavy (non-hydrogen) atoms. The summed E-state index contributed by atoms with van der Waals surface area (Å²) in [5.41, 5.74) is 0.693. The molecule has 2 rings (SSSR count). The van der Waals surface area contributed by atoms with Gasteiger partial charge in [-0.3, -0.25) is 0 Å². The summed E-state index contributed by atoms with van der Waals surface area (Å²) in [6, 6.07) is 1.72. The van der Waals surface area contributed by atoms with E-state index in [2.05, 4.69) is 0 Å². The van der Waals surface area contributed by atoms with Gasteiger partial charge >= 0.3 is 0 Å². The first kappa shape index (κ1) is 10.0. The van der Waals surface area contributed by atoms with E-state index in [1.807, 2.05) is 0 Å². The first-order chi connectivity index (χ1) is 6.79. The van der Waals surface area contributed by atoms with Gasteiger partial charge in [-0.1, -0.05) is 0 Å². The number of furan rings is 1. The summed E-state index contributed by atoms with van der Waals surface area (Å²) in [7, 11) is 0. The molecule has 0 saturated carbocycles. The molecule has 4 heteroatoms. The van der Waals surface area contributed by atoms with Crippen LogP contribution in [0.2, 0.25) is 5.22 Å².